The summed E-state index contributed by atoms with van der Waals surface area (Å²) >= 11 is 0. The number of benzene rings is 2. The van der Waals surface area contributed by atoms with Gasteiger partial charge in [0.25, 0.3) is 5.91 Å². The molecule has 2 atom stereocenters. The van der Waals surface area contributed by atoms with Gasteiger partial charge in [0.1, 0.15) is 11.5 Å². The van der Waals surface area contributed by atoms with Crippen molar-refractivity contribution in [2.45, 2.75) is 43.7 Å². The van der Waals surface area contributed by atoms with E-state index in [0.29, 0.717) is 24.3 Å². The first-order chi connectivity index (χ1) is 13.3. The molecule has 0 aliphatic heterocycles. The number of rotatable bonds is 9. The van der Waals surface area contributed by atoms with E-state index in [-0.39, 0.29) is 16.8 Å². The lowest BCUT2D eigenvalue weighted by Gasteiger charge is -2.22. The van der Waals surface area contributed by atoms with Crippen molar-refractivity contribution in [1.29, 1.82) is 0 Å². The van der Waals surface area contributed by atoms with Crippen LogP contribution in [0, 0.1) is 0 Å². The molecule has 0 aliphatic carbocycles. The van der Waals surface area contributed by atoms with Crippen molar-refractivity contribution >= 4 is 15.7 Å². The molecule has 0 bridgehead atoms. The third-order valence-electron chi connectivity index (χ3n) is 4.42. The topological polar surface area (TPSA) is 81.7 Å². The SMILES string of the molecule is CC[C@H](NC(=O)[C@@H](CC)Oc1cccc(OC)c1)c1ccc(S(C)(=O)=O)cc1. The van der Waals surface area contributed by atoms with E-state index >= 15 is 0 Å². The fourth-order valence-corrected chi connectivity index (χ4v) is 3.42. The van der Waals surface area contributed by atoms with Gasteiger partial charge < -0.3 is 14.8 Å². The van der Waals surface area contributed by atoms with E-state index in [2.05, 4.69) is 5.32 Å². The minimum absolute atomic E-state index is 0.218. The monoisotopic (exact) mass is 405 g/mol. The van der Waals surface area contributed by atoms with E-state index in [1.54, 1.807) is 55.6 Å². The molecule has 0 unspecified atom stereocenters. The van der Waals surface area contributed by atoms with Crippen LogP contribution in [0.25, 0.3) is 0 Å². The summed E-state index contributed by atoms with van der Waals surface area (Å²) in [6, 6.07) is 13.5. The molecule has 6 nitrogen and oxygen atoms in total. The molecule has 1 N–H and O–H groups in total. The fourth-order valence-electron chi connectivity index (χ4n) is 2.79. The first kappa shape index (κ1) is 21.8. The van der Waals surface area contributed by atoms with Crippen molar-refractivity contribution < 1.29 is 22.7 Å². The summed E-state index contributed by atoms with van der Waals surface area (Å²) in [5.74, 6) is 1.00. The largest absolute Gasteiger partial charge is 0.497 e. The van der Waals surface area contributed by atoms with E-state index in [4.69, 9.17) is 9.47 Å². The van der Waals surface area contributed by atoms with Crippen LogP contribution in [0.1, 0.15) is 38.3 Å². The van der Waals surface area contributed by atoms with Gasteiger partial charge in [0.15, 0.2) is 15.9 Å². The standard InChI is InChI=1S/C21H27NO5S/c1-5-19(15-10-12-18(13-11-15)28(4,24)25)22-21(23)20(6-2)27-17-9-7-8-16(14-17)26-3/h7-14,19-20H,5-6H2,1-4H3,(H,22,23)/t19-,20+/m0/s1. The first-order valence-corrected chi connectivity index (χ1v) is 11.1. The molecule has 2 aromatic carbocycles. The zero-order chi connectivity index (χ0) is 20.7. The minimum atomic E-state index is -3.25. The highest BCUT2D eigenvalue weighted by atomic mass is 32.2. The number of sulfone groups is 1. The normalized spacial score (nSPS) is 13.4. The number of carbonyl (C=O) groups excluding carboxylic acids is 1. The second-order valence-electron chi connectivity index (χ2n) is 6.50. The van der Waals surface area contributed by atoms with Crippen LogP contribution in [0.2, 0.25) is 0 Å². The summed E-state index contributed by atoms with van der Waals surface area (Å²) in [4.78, 5) is 13.0. The molecular formula is C21H27NO5S. The summed E-state index contributed by atoms with van der Waals surface area (Å²) in [6.07, 6.45) is 1.70. The third kappa shape index (κ3) is 5.73. The fraction of sp³-hybridized carbons (Fsp3) is 0.381. The Hall–Kier alpha value is -2.54. The van der Waals surface area contributed by atoms with Gasteiger partial charge in [-0.3, -0.25) is 4.79 Å². The molecule has 7 heteroatoms. The highest BCUT2D eigenvalue weighted by molar-refractivity contribution is 7.90. The van der Waals surface area contributed by atoms with Gasteiger partial charge >= 0.3 is 0 Å². The zero-order valence-corrected chi connectivity index (χ0v) is 17.5. The van der Waals surface area contributed by atoms with E-state index in [1.807, 2.05) is 13.8 Å². The Kier molecular flexibility index (Phi) is 7.45. The molecule has 0 aliphatic rings. The Morgan fingerprint density at radius 3 is 2.21 bits per heavy atom. The maximum atomic E-state index is 12.7. The van der Waals surface area contributed by atoms with Crippen LogP contribution in [0.4, 0.5) is 0 Å². The Labute approximate surface area is 166 Å². The number of methoxy groups -OCH3 is 1. The van der Waals surface area contributed by atoms with Gasteiger partial charge in [-0.15, -0.1) is 0 Å². The maximum absolute atomic E-state index is 12.7. The lowest BCUT2D eigenvalue weighted by molar-refractivity contribution is -0.129. The van der Waals surface area contributed by atoms with Crippen molar-refractivity contribution in [3.05, 3.63) is 54.1 Å². The summed E-state index contributed by atoms with van der Waals surface area (Å²) in [5, 5.41) is 3.00. The second kappa shape index (κ2) is 9.59. The lowest BCUT2D eigenvalue weighted by atomic mass is 10.0. The number of hydrogen-bond acceptors (Lipinski definition) is 5. The average Bonchev–Trinajstić information content (AvgIpc) is 2.69. The van der Waals surface area contributed by atoms with Crippen molar-refractivity contribution in [2.24, 2.45) is 0 Å². The number of amides is 1. The van der Waals surface area contributed by atoms with Crippen molar-refractivity contribution in [1.82, 2.24) is 5.32 Å². The van der Waals surface area contributed by atoms with Gasteiger partial charge in [0.2, 0.25) is 0 Å². The molecule has 0 radical (unpaired) electrons. The van der Waals surface area contributed by atoms with Crippen LogP contribution in [0.5, 0.6) is 11.5 Å². The quantitative estimate of drug-likeness (QED) is 0.690. The smallest absolute Gasteiger partial charge is 0.261 e. The first-order valence-electron chi connectivity index (χ1n) is 9.19. The number of carbonyl (C=O) groups is 1. The van der Waals surface area contributed by atoms with E-state index in [1.165, 1.54) is 6.26 Å². The van der Waals surface area contributed by atoms with Crippen LogP contribution in [0.15, 0.2) is 53.4 Å². The van der Waals surface area contributed by atoms with Crippen LogP contribution in [0.3, 0.4) is 0 Å². The Morgan fingerprint density at radius 2 is 1.68 bits per heavy atom. The zero-order valence-electron chi connectivity index (χ0n) is 16.6. The Balaban J connectivity index is 2.10. The van der Waals surface area contributed by atoms with Gasteiger partial charge in [0.05, 0.1) is 18.0 Å². The average molecular weight is 406 g/mol. The molecule has 0 fully saturated rings. The predicted octanol–water partition coefficient (Wildman–Crippen LogP) is 3.52. The predicted molar refractivity (Wildman–Crippen MR) is 108 cm³/mol. The lowest BCUT2D eigenvalue weighted by Crippen LogP contribution is -2.39. The molecule has 2 rings (SSSR count). The van der Waals surface area contributed by atoms with Gasteiger partial charge in [-0.05, 0) is 42.7 Å². The van der Waals surface area contributed by atoms with Gasteiger partial charge in [-0.2, -0.15) is 0 Å². The summed E-state index contributed by atoms with van der Waals surface area (Å²) in [5.41, 5.74) is 0.847. The van der Waals surface area contributed by atoms with Crippen molar-refractivity contribution in [3.63, 3.8) is 0 Å². The molecule has 1 amide bonds. The van der Waals surface area contributed by atoms with E-state index in [0.717, 1.165) is 5.56 Å². The van der Waals surface area contributed by atoms with Gasteiger partial charge in [0, 0.05) is 12.3 Å². The molecule has 28 heavy (non-hydrogen) atoms. The van der Waals surface area contributed by atoms with Crippen LogP contribution in [-0.2, 0) is 14.6 Å². The van der Waals surface area contributed by atoms with Crippen LogP contribution < -0.4 is 14.8 Å². The van der Waals surface area contributed by atoms with Crippen molar-refractivity contribution in [2.75, 3.05) is 13.4 Å². The number of ether oxygens (including phenoxy) is 2. The molecule has 0 saturated heterocycles. The summed E-state index contributed by atoms with van der Waals surface area (Å²) in [7, 11) is -1.68. The van der Waals surface area contributed by atoms with Gasteiger partial charge in [-0.25, -0.2) is 8.42 Å². The molecule has 2 aromatic rings. The molecule has 0 spiro atoms. The Bertz CT molecular complexity index is 893. The molecule has 0 heterocycles. The number of nitrogens with one attached hydrogen (secondary N) is 1. The van der Waals surface area contributed by atoms with Crippen LogP contribution >= 0.6 is 0 Å². The van der Waals surface area contributed by atoms with Gasteiger partial charge in [-0.1, -0.05) is 32.0 Å². The maximum Gasteiger partial charge on any atom is 0.261 e. The van der Waals surface area contributed by atoms with Crippen LogP contribution in [-0.4, -0.2) is 33.8 Å². The van der Waals surface area contributed by atoms with Crippen molar-refractivity contribution in [3.8, 4) is 11.5 Å². The molecule has 0 aromatic heterocycles. The highest BCUT2D eigenvalue weighted by Crippen LogP contribution is 2.22. The summed E-state index contributed by atoms with van der Waals surface area (Å²) < 4.78 is 34.2. The van der Waals surface area contributed by atoms with E-state index < -0.39 is 15.9 Å². The number of hydrogen-bond donors (Lipinski definition) is 1. The van der Waals surface area contributed by atoms with E-state index in [9.17, 15) is 13.2 Å². The highest BCUT2D eigenvalue weighted by Gasteiger charge is 2.22. The molecule has 152 valence electrons. The Morgan fingerprint density at radius 1 is 1.04 bits per heavy atom. The second-order valence-corrected chi connectivity index (χ2v) is 8.52. The molecule has 0 saturated carbocycles. The minimum Gasteiger partial charge on any atom is -0.497 e. The third-order valence-corrected chi connectivity index (χ3v) is 5.55. The molecular weight excluding hydrogens is 378 g/mol. The summed E-state index contributed by atoms with van der Waals surface area (Å²) in [6.45, 7) is 3.84.